The van der Waals surface area contributed by atoms with E-state index in [1.807, 2.05) is 30.3 Å². The lowest BCUT2D eigenvalue weighted by Gasteiger charge is -2.29. The van der Waals surface area contributed by atoms with E-state index in [2.05, 4.69) is 73.0 Å². The third-order valence-electron chi connectivity index (χ3n) is 3.59. The fraction of sp³-hybridized carbons (Fsp3) is 0.250. The highest BCUT2D eigenvalue weighted by atomic mass is 79.9. The number of anilines is 1. The first-order valence-corrected chi connectivity index (χ1v) is 8.95. The fourth-order valence-corrected chi connectivity index (χ4v) is 5.09. The molecule has 1 aliphatic heterocycles. The minimum absolute atomic E-state index is 0.0856. The Morgan fingerprint density at radius 1 is 1.05 bits per heavy atom. The summed E-state index contributed by atoms with van der Waals surface area (Å²) in [4.78, 5) is 0. The molecule has 1 aliphatic rings. The standard InChI is InChI=1S/C16H14Br3NO/c1-16(2)15(10-5-3-4-6-13(10)21-16)20-14-11(18)7-9(17)8-12(14)19/h3-8,15,20H,1-2H3. The Bertz CT molecular complexity index is 677. The van der Waals surface area contributed by atoms with Gasteiger partial charge in [0.2, 0.25) is 0 Å². The average Bonchev–Trinajstić information content (AvgIpc) is 2.63. The van der Waals surface area contributed by atoms with Gasteiger partial charge in [-0.3, -0.25) is 0 Å². The lowest BCUT2D eigenvalue weighted by molar-refractivity contribution is 0.118. The molecule has 1 N–H and O–H groups in total. The van der Waals surface area contributed by atoms with Crippen LogP contribution in [0.2, 0.25) is 0 Å². The van der Waals surface area contributed by atoms with Crippen molar-refractivity contribution < 1.29 is 4.74 Å². The average molecular weight is 476 g/mol. The van der Waals surface area contributed by atoms with E-state index in [-0.39, 0.29) is 11.6 Å². The largest absolute Gasteiger partial charge is 0.485 e. The van der Waals surface area contributed by atoms with Crippen LogP contribution in [0, 0.1) is 0 Å². The van der Waals surface area contributed by atoms with Crippen LogP contribution in [-0.2, 0) is 0 Å². The summed E-state index contributed by atoms with van der Waals surface area (Å²) >= 11 is 10.7. The molecule has 0 saturated carbocycles. The van der Waals surface area contributed by atoms with Crippen molar-refractivity contribution in [1.82, 2.24) is 0 Å². The van der Waals surface area contributed by atoms with Gasteiger partial charge in [0.1, 0.15) is 11.4 Å². The Morgan fingerprint density at radius 2 is 1.67 bits per heavy atom. The molecule has 0 amide bonds. The van der Waals surface area contributed by atoms with E-state index in [9.17, 15) is 0 Å². The molecule has 1 heterocycles. The van der Waals surface area contributed by atoms with Gasteiger partial charge in [-0.2, -0.15) is 0 Å². The van der Waals surface area contributed by atoms with Crippen LogP contribution < -0.4 is 10.1 Å². The lowest BCUT2D eigenvalue weighted by atomic mass is 9.94. The smallest absolute Gasteiger partial charge is 0.128 e. The minimum Gasteiger partial charge on any atom is -0.485 e. The highest BCUT2D eigenvalue weighted by molar-refractivity contribution is 9.11. The molecule has 5 heteroatoms. The summed E-state index contributed by atoms with van der Waals surface area (Å²) < 4.78 is 9.11. The molecule has 0 radical (unpaired) electrons. The Balaban J connectivity index is 2.02. The fourth-order valence-electron chi connectivity index (χ4n) is 2.60. The van der Waals surface area contributed by atoms with E-state index in [0.29, 0.717) is 0 Å². The number of halogens is 3. The van der Waals surface area contributed by atoms with Crippen molar-refractivity contribution in [2.45, 2.75) is 25.5 Å². The van der Waals surface area contributed by atoms with Crippen molar-refractivity contribution in [3.63, 3.8) is 0 Å². The highest BCUT2D eigenvalue weighted by Crippen LogP contribution is 2.46. The van der Waals surface area contributed by atoms with Crippen LogP contribution in [0.15, 0.2) is 49.8 Å². The summed E-state index contributed by atoms with van der Waals surface area (Å²) in [5.74, 6) is 0.948. The number of benzene rings is 2. The molecule has 2 aromatic rings. The summed E-state index contributed by atoms with van der Waals surface area (Å²) in [6.45, 7) is 4.21. The van der Waals surface area contributed by atoms with Crippen LogP contribution >= 0.6 is 47.8 Å². The van der Waals surface area contributed by atoms with Gasteiger partial charge in [-0.05, 0) is 63.9 Å². The number of fused-ring (bicyclic) bond motifs is 1. The molecule has 1 atom stereocenters. The molecule has 2 nitrogen and oxygen atoms in total. The Morgan fingerprint density at radius 3 is 2.33 bits per heavy atom. The maximum absolute atomic E-state index is 6.08. The zero-order chi connectivity index (χ0) is 15.2. The van der Waals surface area contributed by atoms with E-state index in [4.69, 9.17) is 4.74 Å². The van der Waals surface area contributed by atoms with Crippen LogP contribution in [0.25, 0.3) is 0 Å². The number of hydrogen-bond donors (Lipinski definition) is 1. The van der Waals surface area contributed by atoms with E-state index in [1.54, 1.807) is 0 Å². The summed E-state index contributed by atoms with van der Waals surface area (Å²) in [5.41, 5.74) is 1.90. The van der Waals surface area contributed by atoms with Crippen LogP contribution in [0.1, 0.15) is 25.5 Å². The van der Waals surface area contributed by atoms with Gasteiger partial charge < -0.3 is 10.1 Å². The normalized spacial score (nSPS) is 19.0. The number of nitrogens with one attached hydrogen (secondary N) is 1. The lowest BCUT2D eigenvalue weighted by Crippen LogP contribution is -2.34. The van der Waals surface area contributed by atoms with E-state index >= 15 is 0 Å². The van der Waals surface area contributed by atoms with E-state index < -0.39 is 0 Å². The summed E-state index contributed by atoms with van der Waals surface area (Å²) in [5, 5.41) is 3.61. The first-order valence-electron chi connectivity index (χ1n) is 6.57. The zero-order valence-corrected chi connectivity index (χ0v) is 16.3. The van der Waals surface area contributed by atoms with E-state index in [0.717, 1.165) is 24.9 Å². The molecule has 0 spiro atoms. The molecule has 110 valence electrons. The SMILES string of the molecule is CC1(C)Oc2ccccc2C1Nc1c(Br)cc(Br)cc1Br. The second-order valence-electron chi connectivity index (χ2n) is 5.57. The zero-order valence-electron chi connectivity index (χ0n) is 11.6. The topological polar surface area (TPSA) is 21.3 Å². The Hall–Kier alpha value is -0.520. The maximum Gasteiger partial charge on any atom is 0.128 e. The number of ether oxygens (including phenoxy) is 1. The van der Waals surface area contributed by atoms with Gasteiger partial charge in [-0.1, -0.05) is 34.1 Å². The third kappa shape index (κ3) is 2.88. The predicted molar refractivity (Wildman–Crippen MR) is 97.1 cm³/mol. The summed E-state index contributed by atoms with van der Waals surface area (Å²) in [7, 11) is 0. The Kier molecular flexibility index (Phi) is 4.10. The third-order valence-corrected chi connectivity index (χ3v) is 5.30. The monoisotopic (exact) mass is 473 g/mol. The molecule has 2 aromatic carbocycles. The number of hydrogen-bond acceptors (Lipinski definition) is 2. The number of rotatable bonds is 2. The minimum atomic E-state index is -0.310. The van der Waals surface area contributed by atoms with Gasteiger partial charge in [0.15, 0.2) is 0 Å². The second-order valence-corrected chi connectivity index (χ2v) is 8.19. The Labute approximate surface area is 149 Å². The number of para-hydroxylation sites is 1. The van der Waals surface area contributed by atoms with Crippen LogP contribution in [0.5, 0.6) is 5.75 Å². The van der Waals surface area contributed by atoms with Gasteiger partial charge in [-0.15, -0.1) is 0 Å². The van der Waals surface area contributed by atoms with Crippen molar-refractivity contribution in [2.75, 3.05) is 5.32 Å². The molecule has 21 heavy (non-hydrogen) atoms. The first kappa shape index (κ1) is 15.4. The van der Waals surface area contributed by atoms with Gasteiger partial charge in [0.05, 0.1) is 11.7 Å². The van der Waals surface area contributed by atoms with Crippen LogP contribution in [0.3, 0.4) is 0 Å². The molecule has 0 saturated heterocycles. The van der Waals surface area contributed by atoms with Crippen LogP contribution in [-0.4, -0.2) is 5.60 Å². The van der Waals surface area contributed by atoms with Crippen molar-refractivity contribution in [3.05, 3.63) is 55.4 Å². The molecule has 3 rings (SSSR count). The van der Waals surface area contributed by atoms with Gasteiger partial charge in [0.25, 0.3) is 0 Å². The van der Waals surface area contributed by atoms with Crippen molar-refractivity contribution >= 4 is 53.5 Å². The maximum atomic E-state index is 6.08. The van der Waals surface area contributed by atoms with Crippen LogP contribution in [0.4, 0.5) is 5.69 Å². The van der Waals surface area contributed by atoms with Crippen molar-refractivity contribution in [1.29, 1.82) is 0 Å². The van der Waals surface area contributed by atoms with Gasteiger partial charge in [0, 0.05) is 19.0 Å². The van der Waals surface area contributed by atoms with E-state index in [1.165, 1.54) is 5.56 Å². The molecule has 0 fully saturated rings. The summed E-state index contributed by atoms with van der Waals surface area (Å²) in [6, 6.07) is 12.3. The van der Waals surface area contributed by atoms with Crippen molar-refractivity contribution in [2.24, 2.45) is 0 Å². The van der Waals surface area contributed by atoms with Gasteiger partial charge in [-0.25, -0.2) is 0 Å². The highest BCUT2D eigenvalue weighted by Gasteiger charge is 2.41. The second kappa shape index (κ2) is 5.60. The molecule has 0 bridgehead atoms. The molecular weight excluding hydrogens is 462 g/mol. The first-order chi connectivity index (χ1) is 9.88. The summed E-state index contributed by atoms with van der Waals surface area (Å²) in [6.07, 6.45) is 0. The molecule has 0 aromatic heterocycles. The molecule has 1 unspecified atom stereocenters. The van der Waals surface area contributed by atoms with Crippen molar-refractivity contribution in [3.8, 4) is 5.75 Å². The molecular formula is C16H14Br3NO. The predicted octanol–water partition coefficient (Wildman–Crippen LogP) is 6.30. The quantitative estimate of drug-likeness (QED) is 0.550. The molecule has 0 aliphatic carbocycles. The van der Waals surface area contributed by atoms with Gasteiger partial charge >= 0.3 is 0 Å².